The normalized spacial score (nSPS) is 18.0. The van der Waals surface area contributed by atoms with E-state index in [-0.39, 0.29) is 18.1 Å². The summed E-state index contributed by atoms with van der Waals surface area (Å²) in [4.78, 5) is 26.2. The first-order chi connectivity index (χ1) is 13.1. The molecule has 134 valence electrons. The van der Waals surface area contributed by atoms with Gasteiger partial charge >= 0.3 is 0 Å². The third-order valence-electron chi connectivity index (χ3n) is 5.08. The largest absolute Gasteiger partial charge is 0.325 e. The molecule has 0 aliphatic carbocycles. The van der Waals surface area contributed by atoms with Crippen molar-refractivity contribution in [3.05, 3.63) is 100 Å². The first kappa shape index (κ1) is 17.7. The van der Waals surface area contributed by atoms with E-state index in [2.05, 4.69) is 21.2 Å². The van der Waals surface area contributed by atoms with Gasteiger partial charge in [0.2, 0.25) is 5.91 Å². The van der Waals surface area contributed by atoms with Gasteiger partial charge in [-0.25, -0.2) is 0 Å². The van der Waals surface area contributed by atoms with Gasteiger partial charge in [-0.1, -0.05) is 76.6 Å². The Bertz CT molecular complexity index is 1020. The van der Waals surface area contributed by atoms with Crippen LogP contribution < -0.4 is 5.32 Å². The van der Waals surface area contributed by atoms with Crippen molar-refractivity contribution in [1.29, 1.82) is 0 Å². The Morgan fingerprint density at radius 3 is 2.44 bits per heavy atom. The highest BCUT2D eigenvalue weighted by atomic mass is 79.9. The van der Waals surface area contributed by atoms with Crippen molar-refractivity contribution in [2.24, 2.45) is 0 Å². The topological polar surface area (TPSA) is 46.2 Å². The van der Waals surface area contributed by atoms with Gasteiger partial charge < -0.3 is 5.32 Å². The van der Waals surface area contributed by atoms with E-state index >= 15 is 0 Å². The minimum Gasteiger partial charge on any atom is -0.325 e. The van der Waals surface area contributed by atoms with Crippen molar-refractivity contribution in [2.75, 3.05) is 5.32 Å². The number of Topliss-reactive ketones (excluding diaryl/α,β-unsaturated/α-hetero) is 1. The van der Waals surface area contributed by atoms with E-state index in [1.165, 1.54) is 0 Å². The maximum atomic E-state index is 13.1. The van der Waals surface area contributed by atoms with Crippen LogP contribution >= 0.6 is 15.9 Å². The second-order valence-corrected chi connectivity index (χ2v) is 7.77. The molecule has 1 heterocycles. The molecule has 1 aliphatic rings. The van der Waals surface area contributed by atoms with Gasteiger partial charge in [-0.3, -0.25) is 9.59 Å². The number of anilines is 1. The molecule has 3 aromatic rings. The minimum absolute atomic E-state index is 0.0301. The molecule has 0 saturated heterocycles. The lowest BCUT2D eigenvalue weighted by atomic mass is 9.72. The number of ketones is 1. The minimum atomic E-state index is -0.912. The SMILES string of the molecule is O=C(C[C@]1(Cc2cccc(Br)c2)C(=O)Nc2ccccc21)c1ccccc1. The summed E-state index contributed by atoms with van der Waals surface area (Å²) in [5.74, 6) is -0.148. The van der Waals surface area contributed by atoms with E-state index < -0.39 is 5.41 Å². The van der Waals surface area contributed by atoms with E-state index in [1.807, 2.05) is 66.7 Å². The smallest absolute Gasteiger partial charge is 0.235 e. The van der Waals surface area contributed by atoms with Crippen LogP contribution in [0.25, 0.3) is 0 Å². The highest BCUT2D eigenvalue weighted by Gasteiger charge is 2.48. The molecule has 1 amide bonds. The molecule has 3 aromatic carbocycles. The van der Waals surface area contributed by atoms with Gasteiger partial charge in [0, 0.05) is 22.1 Å². The molecule has 3 nitrogen and oxygen atoms in total. The van der Waals surface area contributed by atoms with Crippen molar-refractivity contribution >= 4 is 33.3 Å². The standard InChI is InChI=1S/C23H18BrNO2/c24-18-10-6-7-16(13-18)14-23(15-21(26)17-8-2-1-3-9-17)19-11-4-5-12-20(19)25-22(23)27/h1-13H,14-15H2,(H,25,27)/t23-/m0/s1. The predicted octanol–water partition coefficient (Wildman–Crippen LogP) is 5.15. The molecule has 0 fully saturated rings. The Hall–Kier alpha value is -2.72. The van der Waals surface area contributed by atoms with Crippen molar-refractivity contribution in [3.8, 4) is 0 Å². The molecule has 1 atom stereocenters. The number of fused-ring (bicyclic) bond motifs is 1. The summed E-state index contributed by atoms with van der Waals surface area (Å²) in [7, 11) is 0. The molecule has 0 saturated carbocycles. The molecule has 27 heavy (non-hydrogen) atoms. The lowest BCUT2D eigenvalue weighted by Crippen LogP contribution is -2.39. The lowest BCUT2D eigenvalue weighted by molar-refractivity contribution is -0.120. The number of nitrogens with one attached hydrogen (secondary N) is 1. The number of hydrogen-bond acceptors (Lipinski definition) is 2. The summed E-state index contributed by atoms with van der Waals surface area (Å²) in [6.45, 7) is 0. The molecule has 0 radical (unpaired) electrons. The molecule has 1 aliphatic heterocycles. The van der Waals surface area contributed by atoms with Crippen molar-refractivity contribution < 1.29 is 9.59 Å². The van der Waals surface area contributed by atoms with E-state index in [4.69, 9.17) is 0 Å². The van der Waals surface area contributed by atoms with E-state index in [0.717, 1.165) is 21.3 Å². The van der Waals surface area contributed by atoms with Crippen molar-refractivity contribution in [2.45, 2.75) is 18.3 Å². The Morgan fingerprint density at radius 1 is 0.926 bits per heavy atom. The molecular weight excluding hydrogens is 402 g/mol. The summed E-state index contributed by atoms with van der Waals surface area (Å²) in [5, 5.41) is 2.98. The maximum Gasteiger partial charge on any atom is 0.235 e. The number of carbonyl (C=O) groups excluding carboxylic acids is 2. The third-order valence-corrected chi connectivity index (χ3v) is 5.57. The predicted molar refractivity (Wildman–Crippen MR) is 110 cm³/mol. The number of hydrogen-bond donors (Lipinski definition) is 1. The number of para-hydroxylation sites is 1. The Labute approximate surface area is 166 Å². The van der Waals surface area contributed by atoms with Gasteiger partial charge in [-0.15, -0.1) is 0 Å². The number of halogens is 1. The number of benzene rings is 3. The second-order valence-electron chi connectivity index (χ2n) is 6.85. The van der Waals surface area contributed by atoms with Crippen molar-refractivity contribution in [3.63, 3.8) is 0 Å². The van der Waals surface area contributed by atoms with Gasteiger partial charge in [-0.2, -0.15) is 0 Å². The first-order valence-corrected chi connectivity index (χ1v) is 9.61. The fraction of sp³-hybridized carbons (Fsp3) is 0.130. The van der Waals surface area contributed by atoms with Gasteiger partial charge in [-0.05, 0) is 35.7 Å². The Morgan fingerprint density at radius 2 is 1.67 bits per heavy atom. The van der Waals surface area contributed by atoms with Crippen LogP contribution in [0.3, 0.4) is 0 Å². The highest BCUT2D eigenvalue weighted by Crippen LogP contribution is 2.43. The maximum absolute atomic E-state index is 13.1. The quantitative estimate of drug-likeness (QED) is 0.580. The molecular formula is C23H18BrNO2. The van der Waals surface area contributed by atoms with Gasteiger partial charge in [0.25, 0.3) is 0 Å². The van der Waals surface area contributed by atoms with E-state index in [1.54, 1.807) is 12.1 Å². The average Bonchev–Trinajstić information content (AvgIpc) is 2.94. The fourth-order valence-electron chi connectivity index (χ4n) is 3.78. The Kier molecular flexibility index (Phi) is 4.66. The third kappa shape index (κ3) is 3.33. The monoisotopic (exact) mass is 419 g/mol. The molecule has 0 aromatic heterocycles. The average molecular weight is 420 g/mol. The van der Waals surface area contributed by atoms with Gasteiger partial charge in [0.15, 0.2) is 5.78 Å². The van der Waals surface area contributed by atoms with Crippen LogP contribution in [-0.4, -0.2) is 11.7 Å². The summed E-state index contributed by atoms with van der Waals surface area (Å²) in [5.41, 5.74) is 2.41. The van der Waals surface area contributed by atoms with Crippen LogP contribution in [0.15, 0.2) is 83.3 Å². The van der Waals surface area contributed by atoms with Gasteiger partial charge in [0.1, 0.15) is 0 Å². The lowest BCUT2D eigenvalue weighted by Gasteiger charge is -2.27. The summed E-state index contributed by atoms with van der Waals surface area (Å²) >= 11 is 3.50. The Balaban J connectivity index is 1.78. The highest BCUT2D eigenvalue weighted by molar-refractivity contribution is 9.10. The zero-order chi connectivity index (χ0) is 18.9. The molecule has 1 N–H and O–H groups in total. The summed E-state index contributed by atoms with van der Waals surface area (Å²) < 4.78 is 0.955. The van der Waals surface area contributed by atoms with Crippen LogP contribution in [0.4, 0.5) is 5.69 Å². The summed E-state index contributed by atoms with van der Waals surface area (Å²) in [6, 6.07) is 24.7. The first-order valence-electron chi connectivity index (χ1n) is 8.82. The van der Waals surface area contributed by atoms with Crippen LogP contribution in [-0.2, 0) is 16.6 Å². The zero-order valence-corrected chi connectivity index (χ0v) is 16.2. The van der Waals surface area contributed by atoms with Crippen molar-refractivity contribution in [1.82, 2.24) is 0 Å². The number of carbonyl (C=O) groups is 2. The molecule has 4 heteroatoms. The van der Waals surface area contributed by atoms with Crippen LogP contribution in [0.2, 0.25) is 0 Å². The molecule has 4 rings (SSSR count). The number of amides is 1. The van der Waals surface area contributed by atoms with Crippen LogP contribution in [0.5, 0.6) is 0 Å². The van der Waals surface area contributed by atoms with E-state index in [9.17, 15) is 9.59 Å². The summed E-state index contributed by atoms with van der Waals surface area (Å²) in [6.07, 6.45) is 0.597. The van der Waals surface area contributed by atoms with Crippen LogP contribution in [0, 0.1) is 0 Å². The second kappa shape index (κ2) is 7.12. The number of rotatable bonds is 5. The van der Waals surface area contributed by atoms with E-state index in [0.29, 0.717) is 12.0 Å². The molecule has 0 bridgehead atoms. The molecule has 0 spiro atoms. The molecule has 0 unspecified atom stereocenters. The van der Waals surface area contributed by atoms with Gasteiger partial charge in [0.05, 0.1) is 5.41 Å². The van der Waals surface area contributed by atoms with Crippen LogP contribution in [0.1, 0.15) is 27.9 Å². The fourth-order valence-corrected chi connectivity index (χ4v) is 4.23. The zero-order valence-electron chi connectivity index (χ0n) is 14.6.